The molecule has 1 saturated heterocycles. The van der Waals surface area contributed by atoms with Crippen molar-refractivity contribution in [3.63, 3.8) is 0 Å². The topological polar surface area (TPSA) is 219 Å². The van der Waals surface area contributed by atoms with Crippen LogP contribution in [0.1, 0.15) is 155 Å². The standard InChI is InChI=1S/C64H85N9O8/c1-11-49(66-10)58(76)71-55(64(6,7)8)61(79)72-35-44-32-46(31-30-43(44)33-52(72)59(77)68-50-24-16-20-40-18-12-14-22-47(40)50)81-37-39-26-28-42(29-27-39)57(75)67-45-34-53(60(78)69-51-25-17-21-41-19-13-15-23-48(41)51)73(36-45)62(80)54(63(3,4)5)70-56(74)38(2)65-9/h12-15,18-19,22-23,26-32,38,45,49-55,65-66H,11,16-17,20-21,24-25,33-37H2,1-10H3,(H,67,75)(H,68,77)(H,69,78)(H,70,74)(H,71,76)/t38?,45-,49?,50+,51+,52?,53-,54?,55?/m0/s1. The minimum absolute atomic E-state index is 0.0691. The molecule has 17 nitrogen and oxygen atoms in total. The lowest BCUT2D eigenvalue weighted by Crippen LogP contribution is -2.62. The number of aryl methyl sites for hydroxylation is 2. The third-order valence-electron chi connectivity index (χ3n) is 16.8. The molecular formula is C64H85N9O8. The normalized spacial score (nSPS) is 21.1. The number of carbonyl (C=O) groups is 7. The lowest BCUT2D eigenvalue weighted by atomic mass is 9.83. The van der Waals surface area contributed by atoms with Crippen LogP contribution in [0.5, 0.6) is 5.75 Å². The lowest BCUT2D eigenvalue weighted by Gasteiger charge is -2.42. The fraction of sp³-hybridized carbons (Fsp3) is 0.516. The zero-order valence-electron chi connectivity index (χ0n) is 49.0. The fourth-order valence-corrected chi connectivity index (χ4v) is 11.9. The van der Waals surface area contributed by atoms with E-state index < -0.39 is 59.0 Å². The highest BCUT2D eigenvalue weighted by atomic mass is 16.5. The van der Waals surface area contributed by atoms with E-state index in [-0.39, 0.29) is 80.1 Å². The first-order valence-electron chi connectivity index (χ1n) is 29.0. The molecule has 4 aromatic rings. The molecule has 17 heteroatoms. The van der Waals surface area contributed by atoms with E-state index >= 15 is 0 Å². The van der Waals surface area contributed by atoms with Gasteiger partial charge in [0.15, 0.2) is 0 Å². The Balaban J connectivity index is 0.959. The van der Waals surface area contributed by atoms with Crippen molar-refractivity contribution < 1.29 is 38.3 Å². The molecule has 2 aliphatic carbocycles. The van der Waals surface area contributed by atoms with Crippen molar-refractivity contribution in [1.29, 1.82) is 0 Å². The van der Waals surface area contributed by atoms with Crippen LogP contribution in [0.2, 0.25) is 0 Å². The molecule has 4 aromatic carbocycles. The zero-order valence-corrected chi connectivity index (χ0v) is 49.0. The van der Waals surface area contributed by atoms with Crippen LogP contribution in [-0.2, 0) is 61.2 Å². The van der Waals surface area contributed by atoms with Gasteiger partial charge in [-0.3, -0.25) is 33.6 Å². The predicted molar refractivity (Wildman–Crippen MR) is 312 cm³/mol. The molecule has 7 N–H and O–H groups in total. The van der Waals surface area contributed by atoms with Crippen molar-refractivity contribution in [2.45, 2.75) is 181 Å². The number of carbonyl (C=O) groups excluding carboxylic acids is 7. The van der Waals surface area contributed by atoms with E-state index in [1.165, 1.54) is 16.0 Å². The predicted octanol–water partition coefficient (Wildman–Crippen LogP) is 6.27. The Hall–Kier alpha value is -7.11. The van der Waals surface area contributed by atoms with Crippen LogP contribution < -0.4 is 42.0 Å². The van der Waals surface area contributed by atoms with Crippen molar-refractivity contribution in [2.24, 2.45) is 10.8 Å². The second kappa shape index (κ2) is 25.8. The van der Waals surface area contributed by atoms with Crippen LogP contribution in [0.15, 0.2) is 91.0 Å². The Morgan fingerprint density at radius 1 is 0.630 bits per heavy atom. The lowest BCUT2D eigenvalue weighted by molar-refractivity contribution is -0.147. The Kier molecular flexibility index (Phi) is 19.1. The number of amides is 7. The monoisotopic (exact) mass is 1110 g/mol. The quantitative estimate of drug-likeness (QED) is 0.0592. The summed E-state index contributed by atoms with van der Waals surface area (Å²) in [6.07, 6.45) is 6.26. The number of hydrogen-bond donors (Lipinski definition) is 7. The van der Waals surface area contributed by atoms with Gasteiger partial charge in [0, 0.05) is 31.1 Å². The molecule has 2 aliphatic heterocycles. The van der Waals surface area contributed by atoms with Crippen molar-refractivity contribution in [2.75, 3.05) is 20.6 Å². The van der Waals surface area contributed by atoms with Gasteiger partial charge in [-0.2, -0.15) is 0 Å². The second-order valence-corrected chi connectivity index (χ2v) is 24.7. The van der Waals surface area contributed by atoms with E-state index in [4.69, 9.17) is 4.74 Å². The summed E-state index contributed by atoms with van der Waals surface area (Å²) in [5.41, 5.74) is 6.10. The second-order valence-electron chi connectivity index (χ2n) is 24.7. The molecule has 1 fully saturated rings. The van der Waals surface area contributed by atoms with Crippen LogP contribution in [0.25, 0.3) is 0 Å². The van der Waals surface area contributed by atoms with Gasteiger partial charge in [0.25, 0.3) is 5.91 Å². The number of ether oxygens (including phenoxy) is 1. The van der Waals surface area contributed by atoms with Crippen LogP contribution in [0.3, 0.4) is 0 Å². The van der Waals surface area contributed by atoms with Gasteiger partial charge in [-0.15, -0.1) is 0 Å². The largest absolute Gasteiger partial charge is 0.489 e. The van der Waals surface area contributed by atoms with Crippen molar-refractivity contribution >= 4 is 41.4 Å². The summed E-state index contributed by atoms with van der Waals surface area (Å²) in [7, 11) is 3.39. The summed E-state index contributed by atoms with van der Waals surface area (Å²) in [5.74, 6) is -1.72. The van der Waals surface area contributed by atoms with Crippen LogP contribution in [0, 0.1) is 10.8 Å². The Bertz CT molecular complexity index is 2950. The molecule has 0 aromatic heterocycles. The maximum Gasteiger partial charge on any atom is 0.251 e. The Morgan fingerprint density at radius 2 is 1.19 bits per heavy atom. The van der Waals surface area contributed by atoms with Crippen molar-refractivity contribution in [3.8, 4) is 5.75 Å². The fourth-order valence-electron chi connectivity index (χ4n) is 11.9. The molecule has 9 atom stereocenters. The van der Waals surface area contributed by atoms with E-state index in [0.29, 0.717) is 17.7 Å². The first-order valence-corrected chi connectivity index (χ1v) is 29.0. The third kappa shape index (κ3) is 14.2. The maximum absolute atomic E-state index is 15.0. The number of fused-ring (bicyclic) bond motifs is 3. The Morgan fingerprint density at radius 3 is 1.74 bits per heavy atom. The third-order valence-corrected chi connectivity index (χ3v) is 16.8. The summed E-state index contributed by atoms with van der Waals surface area (Å²) in [6.45, 7) is 15.3. The number of nitrogens with zero attached hydrogens (tertiary/aromatic N) is 2. The minimum Gasteiger partial charge on any atom is -0.489 e. The molecule has 81 heavy (non-hydrogen) atoms. The van der Waals surface area contributed by atoms with Crippen LogP contribution >= 0.6 is 0 Å². The van der Waals surface area contributed by atoms with Gasteiger partial charge in [0.05, 0.1) is 24.2 Å². The van der Waals surface area contributed by atoms with Gasteiger partial charge in [-0.05, 0) is 146 Å². The first kappa shape index (κ1) is 60.0. The van der Waals surface area contributed by atoms with E-state index in [1.807, 2.05) is 109 Å². The molecule has 434 valence electrons. The molecule has 0 bridgehead atoms. The minimum atomic E-state index is -0.948. The molecule has 4 aliphatic rings. The Labute approximate surface area is 478 Å². The van der Waals surface area contributed by atoms with Gasteiger partial charge in [-0.1, -0.05) is 115 Å². The average molecular weight is 1110 g/mol. The summed E-state index contributed by atoms with van der Waals surface area (Å²) >= 11 is 0. The van der Waals surface area contributed by atoms with Crippen LogP contribution in [-0.4, -0.2) is 114 Å². The molecule has 0 radical (unpaired) electrons. The van der Waals surface area contributed by atoms with Gasteiger partial charge in [0.2, 0.25) is 35.4 Å². The zero-order chi connectivity index (χ0) is 58.3. The van der Waals surface area contributed by atoms with Gasteiger partial charge < -0.3 is 51.8 Å². The molecule has 2 heterocycles. The van der Waals surface area contributed by atoms with Gasteiger partial charge >= 0.3 is 0 Å². The number of likely N-dealkylation sites (tertiary alicyclic amines) is 1. The molecular weight excluding hydrogens is 1020 g/mol. The summed E-state index contributed by atoms with van der Waals surface area (Å²) in [5, 5.41) is 21.6. The summed E-state index contributed by atoms with van der Waals surface area (Å²) in [4.78, 5) is 102. The number of benzene rings is 4. The number of rotatable bonds is 18. The summed E-state index contributed by atoms with van der Waals surface area (Å²) in [6, 6.07) is 23.4. The van der Waals surface area contributed by atoms with E-state index in [2.05, 4.69) is 55.4 Å². The molecule has 0 spiro atoms. The highest BCUT2D eigenvalue weighted by molar-refractivity contribution is 5.97. The molecule has 5 unspecified atom stereocenters. The maximum atomic E-state index is 15.0. The molecule has 7 amide bonds. The highest BCUT2D eigenvalue weighted by Gasteiger charge is 2.47. The summed E-state index contributed by atoms with van der Waals surface area (Å²) < 4.78 is 6.35. The molecule has 0 saturated carbocycles. The molecule has 8 rings (SSSR count). The van der Waals surface area contributed by atoms with E-state index in [9.17, 15) is 33.6 Å². The number of nitrogens with one attached hydrogen (secondary N) is 7. The SMILES string of the molecule is CCC(NC)C(=O)NC(C(=O)N1Cc2cc(OCc3ccc(C(=O)N[C@H]4C[C@@H](C(=O)N[C@@H]5CCCc6ccccc65)N(C(=O)C(NC(=O)C(C)NC)C(C)(C)C)C4)cc3)ccc2CC1C(=O)N[C@@H]1CCCc2ccccc21)C(C)(C)C. The number of likely N-dealkylation sites (N-methyl/N-ethyl adjacent to an activating group) is 2. The van der Waals surface area contributed by atoms with E-state index in [0.717, 1.165) is 66.3 Å². The van der Waals surface area contributed by atoms with Gasteiger partial charge in [0.1, 0.15) is 36.5 Å². The van der Waals surface area contributed by atoms with E-state index in [1.54, 1.807) is 38.1 Å². The smallest absolute Gasteiger partial charge is 0.251 e. The van der Waals surface area contributed by atoms with Crippen molar-refractivity contribution in [3.05, 3.63) is 136 Å². The highest BCUT2D eigenvalue weighted by Crippen LogP contribution is 2.35. The number of hydrogen-bond acceptors (Lipinski definition) is 10. The first-order chi connectivity index (χ1) is 38.6. The van der Waals surface area contributed by atoms with Crippen molar-refractivity contribution in [1.82, 2.24) is 47.0 Å². The average Bonchev–Trinajstić information content (AvgIpc) is 4.10. The van der Waals surface area contributed by atoms with Crippen LogP contribution in [0.4, 0.5) is 0 Å². The van der Waals surface area contributed by atoms with Gasteiger partial charge in [-0.25, -0.2) is 0 Å².